The predicted molar refractivity (Wildman–Crippen MR) is 90.0 cm³/mol. The molecule has 0 spiro atoms. The third-order valence-electron chi connectivity index (χ3n) is 4.17. The fourth-order valence-corrected chi connectivity index (χ4v) is 2.93. The predicted octanol–water partition coefficient (Wildman–Crippen LogP) is 2.80. The molecule has 0 bridgehead atoms. The third-order valence-corrected chi connectivity index (χ3v) is 4.17. The van der Waals surface area contributed by atoms with Crippen molar-refractivity contribution in [1.82, 2.24) is 14.8 Å². The van der Waals surface area contributed by atoms with E-state index in [4.69, 9.17) is 5.73 Å². The highest BCUT2D eigenvalue weighted by atomic mass is 19.4. The monoisotopic (exact) mass is 362 g/mol. The molecular weight excluding hydrogens is 347 g/mol. The van der Waals surface area contributed by atoms with E-state index in [2.05, 4.69) is 26.1 Å². The van der Waals surface area contributed by atoms with Crippen molar-refractivity contribution < 1.29 is 17.9 Å². The number of aromatic nitrogens is 3. The summed E-state index contributed by atoms with van der Waals surface area (Å²) in [6.45, 7) is 1.92. The summed E-state index contributed by atoms with van der Waals surface area (Å²) in [5, 5.41) is 5.37. The van der Waals surface area contributed by atoms with E-state index in [0.29, 0.717) is 17.0 Å². The van der Waals surface area contributed by atoms with E-state index in [-0.39, 0.29) is 12.3 Å². The summed E-state index contributed by atoms with van der Waals surface area (Å²) in [7, 11) is 0. The second kappa shape index (κ2) is 6.17. The number of alkyl halides is 3. The average molecular weight is 362 g/mol. The standard InChI is InChI=1S/C17H15F3N5O/c18-17(19,20)26-12-4-2-11(3-5-12)25-16-15(13(10-21)23-25)14(6-7-22-16)24-8-1-9-24/h1-7H,8-10,21H2. The number of halogens is 3. The lowest BCUT2D eigenvalue weighted by Gasteiger charge is -2.33. The Labute approximate surface area is 147 Å². The number of pyridine rings is 1. The number of ether oxygens (including phenoxy) is 1. The highest BCUT2D eigenvalue weighted by Crippen LogP contribution is 2.32. The van der Waals surface area contributed by atoms with Gasteiger partial charge >= 0.3 is 6.36 Å². The van der Waals surface area contributed by atoms with Crippen molar-refractivity contribution >= 4 is 16.7 Å². The molecule has 1 aromatic carbocycles. The van der Waals surface area contributed by atoms with Crippen molar-refractivity contribution in [2.75, 3.05) is 18.0 Å². The van der Waals surface area contributed by atoms with Gasteiger partial charge in [-0.1, -0.05) is 0 Å². The van der Waals surface area contributed by atoms with Gasteiger partial charge < -0.3 is 15.4 Å². The highest BCUT2D eigenvalue weighted by molar-refractivity contribution is 5.93. The molecule has 6 nitrogen and oxygen atoms in total. The molecule has 2 N–H and O–H groups in total. The molecule has 0 amide bonds. The first-order valence-corrected chi connectivity index (χ1v) is 7.96. The van der Waals surface area contributed by atoms with Crippen LogP contribution in [0.3, 0.4) is 0 Å². The van der Waals surface area contributed by atoms with Crippen molar-refractivity contribution in [3.8, 4) is 11.4 Å². The van der Waals surface area contributed by atoms with Crippen LogP contribution >= 0.6 is 0 Å². The Morgan fingerprint density at radius 2 is 1.85 bits per heavy atom. The van der Waals surface area contributed by atoms with E-state index in [9.17, 15) is 13.2 Å². The molecule has 1 saturated heterocycles. The van der Waals surface area contributed by atoms with Gasteiger partial charge in [0.15, 0.2) is 5.65 Å². The summed E-state index contributed by atoms with van der Waals surface area (Å²) in [6, 6.07) is 7.40. The first-order valence-electron chi connectivity index (χ1n) is 7.96. The molecule has 2 aromatic heterocycles. The minimum Gasteiger partial charge on any atom is -0.406 e. The minimum absolute atomic E-state index is 0.231. The fraction of sp³-hybridized carbons (Fsp3) is 0.235. The number of benzene rings is 1. The Morgan fingerprint density at radius 3 is 2.42 bits per heavy atom. The van der Waals surface area contributed by atoms with Crippen molar-refractivity contribution in [3.05, 3.63) is 48.6 Å². The number of hydrogen-bond donors (Lipinski definition) is 1. The molecule has 1 fully saturated rings. The smallest absolute Gasteiger partial charge is 0.406 e. The summed E-state index contributed by atoms with van der Waals surface area (Å²) < 4.78 is 42.4. The summed E-state index contributed by atoms with van der Waals surface area (Å²) in [6.07, 6.45) is -0.884. The van der Waals surface area contributed by atoms with E-state index >= 15 is 0 Å². The molecule has 3 heterocycles. The first kappa shape index (κ1) is 16.6. The van der Waals surface area contributed by atoms with Gasteiger partial charge in [0, 0.05) is 32.3 Å². The summed E-state index contributed by atoms with van der Waals surface area (Å²) >= 11 is 0. The number of fused-ring (bicyclic) bond motifs is 1. The number of hydrogen-bond acceptors (Lipinski definition) is 5. The molecule has 9 heteroatoms. The lowest BCUT2D eigenvalue weighted by atomic mass is 10.1. The Balaban J connectivity index is 1.77. The largest absolute Gasteiger partial charge is 0.573 e. The van der Waals surface area contributed by atoms with Crippen molar-refractivity contribution in [2.45, 2.75) is 12.9 Å². The Bertz CT molecular complexity index is 932. The maximum absolute atomic E-state index is 12.3. The van der Waals surface area contributed by atoms with Crippen LogP contribution in [0, 0.1) is 6.42 Å². The van der Waals surface area contributed by atoms with E-state index in [1.807, 2.05) is 6.07 Å². The van der Waals surface area contributed by atoms with Gasteiger partial charge in [0.25, 0.3) is 0 Å². The molecule has 4 rings (SSSR count). The van der Waals surface area contributed by atoms with Crippen LogP contribution < -0.4 is 15.4 Å². The third kappa shape index (κ3) is 2.94. The summed E-state index contributed by atoms with van der Waals surface area (Å²) in [5.74, 6) is -0.290. The van der Waals surface area contributed by atoms with E-state index in [1.54, 1.807) is 10.9 Å². The van der Waals surface area contributed by atoms with Crippen molar-refractivity contribution in [2.24, 2.45) is 5.73 Å². The zero-order valence-electron chi connectivity index (χ0n) is 13.6. The van der Waals surface area contributed by atoms with Crippen LogP contribution in [0.4, 0.5) is 18.9 Å². The zero-order valence-corrected chi connectivity index (χ0v) is 13.6. The number of rotatable bonds is 4. The van der Waals surface area contributed by atoms with E-state index < -0.39 is 6.36 Å². The van der Waals surface area contributed by atoms with Gasteiger partial charge in [-0.15, -0.1) is 13.2 Å². The van der Waals surface area contributed by atoms with Crippen LogP contribution in [0.1, 0.15) is 5.69 Å². The molecule has 0 saturated carbocycles. The lowest BCUT2D eigenvalue weighted by Crippen LogP contribution is -2.38. The van der Waals surface area contributed by atoms with Crippen LogP contribution in [0.15, 0.2) is 36.5 Å². The SMILES string of the molecule is NCc1nn(-c2ccc(OC(F)(F)F)cc2)c2nccc(N3C[CH]C3)c12. The van der Waals surface area contributed by atoms with Gasteiger partial charge in [0.1, 0.15) is 5.75 Å². The van der Waals surface area contributed by atoms with Gasteiger partial charge in [0.05, 0.1) is 22.5 Å². The minimum atomic E-state index is -4.72. The van der Waals surface area contributed by atoms with Gasteiger partial charge in [-0.3, -0.25) is 0 Å². The molecule has 0 aliphatic carbocycles. The lowest BCUT2D eigenvalue weighted by molar-refractivity contribution is -0.274. The fourth-order valence-electron chi connectivity index (χ4n) is 2.93. The van der Waals surface area contributed by atoms with Crippen LogP contribution in [0.25, 0.3) is 16.7 Å². The maximum atomic E-state index is 12.3. The second-order valence-electron chi connectivity index (χ2n) is 5.83. The van der Waals surface area contributed by atoms with Crippen LogP contribution in [0.5, 0.6) is 5.75 Å². The number of nitrogens with zero attached hydrogens (tertiary/aromatic N) is 4. The molecule has 1 aliphatic heterocycles. The Hall–Kier alpha value is -2.81. The Kier molecular flexibility index (Phi) is 3.95. The maximum Gasteiger partial charge on any atom is 0.573 e. The van der Waals surface area contributed by atoms with Crippen LogP contribution in [-0.2, 0) is 6.54 Å². The van der Waals surface area contributed by atoms with Gasteiger partial charge in [-0.2, -0.15) is 5.10 Å². The summed E-state index contributed by atoms with van der Waals surface area (Å²) in [4.78, 5) is 6.58. The zero-order chi connectivity index (χ0) is 18.3. The van der Waals surface area contributed by atoms with E-state index in [0.717, 1.165) is 24.2 Å². The van der Waals surface area contributed by atoms with Crippen LogP contribution in [0.2, 0.25) is 0 Å². The quantitative estimate of drug-likeness (QED) is 0.773. The van der Waals surface area contributed by atoms with E-state index in [1.165, 1.54) is 24.3 Å². The molecule has 1 radical (unpaired) electrons. The highest BCUT2D eigenvalue weighted by Gasteiger charge is 2.31. The normalized spacial score (nSPS) is 14.5. The topological polar surface area (TPSA) is 69.2 Å². The molecular formula is C17H15F3N5O. The molecule has 26 heavy (non-hydrogen) atoms. The number of nitrogens with two attached hydrogens (primary N) is 1. The molecule has 0 atom stereocenters. The average Bonchev–Trinajstić information content (AvgIpc) is 2.92. The van der Waals surface area contributed by atoms with Crippen LogP contribution in [-0.4, -0.2) is 34.2 Å². The van der Waals surface area contributed by atoms with Gasteiger partial charge in [-0.05, 0) is 30.3 Å². The second-order valence-corrected chi connectivity index (χ2v) is 5.83. The van der Waals surface area contributed by atoms with Crippen molar-refractivity contribution in [3.63, 3.8) is 0 Å². The summed E-state index contributed by atoms with van der Waals surface area (Å²) in [5.41, 5.74) is 8.72. The number of anilines is 1. The first-order chi connectivity index (χ1) is 12.5. The molecule has 0 unspecified atom stereocenters. The van der Waals surface area contributed by atoms with Gasteiger partial charge in [-0.25, -0.2) is 9.67 Å². The molecule has 135 valence electrons. The van der Waals surface area contributed by atoms with Gasteiger partial charge in [0.2, 0.25) is 0 Å². The molecule has 1 aliphatic rings. The Morgan fingerprint density at radius 1 is 1.12 bits per heavy atom. The molecule has 3 aromatic rings. The van der Waals surface area contributed by atoms with Crippen molar-refractivity contribution in [1.29, 1.82) is 0 Å².